The van der Waals surface area contributed by atoms with E-state index in [1.165, 1.54) is 26.4 Å². The zero-order valence-corrected chi connectivity index (χ0v) is 17.8. The molecule has 9 heteroatoms. The van der Waals surface area contributed by atoms with Gasteiger partial charge >= 0.3 is 12.1 Å². The van der Waals surface area contributed by atoms with Crippen LogP contribution in [0.15, 0.2) is 36.4 Å². The first-order valence-electron chi connectivity index (χ1n) is 9.74. The number of alkyl halides is 3. The van der Waals surface area contributed by atoms with E-state index in [0.29, 0.717) is 30.0 Å². The summed E-state index contributed by atoms with van der Waals surface area (Å²) < 4.78 is 51.4. The summed E-state index contributed by atoms with van der Waals surface area (Å²) in [7, 11) is 2.94. The predicted molar refractivity (Wildman–Crippen MR) is 110 cm³/mol. The Morgan fingerprint density at radius 1 is 1.16 bits per heavy atom. The number of carboxylic acid groups (broad SMARTS) is 1. The molecule has 2 unspecified atom stereocenters. The Balaban J connectivity index is 2.22. The maximum absolute atomic E-state index is 13.6. The van der Waals surface area contributed by atoms with Gasteiger partial charge in [-0.2, -0.15) is 13.2 Å². The summed E-state index contributed by atoms with van der Waals surface area (Å²) in [6, 6.07) is 7.06. The molecule has 168 valence electrons. The van der Waals surface area contributed by atoms with Gasteiger partial charge in [0, 0.05) is 11.6 Å². The quantitative estimate of drug-likeness (QED) is 0.629. The monoisotopic (exact) mass is 457 g/mol. The predicted octanol–water partition coefficient (Wildman–Crippen LogP) is 5.40. The highest BCUT2D eigenvalue weighted by Crippen LogP contribution is 2.43. The number of carboxylic acids is 1. The first kappa shape index (κ1) is 23.2. The van der Waals surface area contributed by atoms with Crippen LogP contribution < -0.4 is 9.47 Å². The second-order valence-electron chi connectivity index (χ2n) is 7.34. The highest BCUT2D eigenvalue weighted by molar-refractivity contribution is 6.31. The van der Waals surface area contributed by atoms with Crippen LogP contribution in [0.2, 0.25) is 5.02 Å². The number of benzene rings is 2. The molecule has 1 heterocycles. The van der Waals surface area contributed by atoms with Gasteiger partial charge in [0.15, 0.2) is 0 Å². The third-order valence-electron chi connectivity index (χ3n) is 5.51. The molecule has 3 rings (SSSR count). The fourth-order valence-corrected chi connectivity index (χ4v) is 4.28. The Labute approximate surface area is 183 Å². The normalized spacial score (nSPS) is 18.5. The minimum absolute atomic E-state index is 0.286. The van der Waals surface area contributed by atoms with Gasteiger partial charge in [0.2, 0.25) is 0 Å². The first-order valence-corrected chi connectivity index (χ1v) is 10.1. The Hall–Kier alpha value is -2.45. The summed E-state index contributed by atoms with van der Waals surface area (Å²) in [5.41, 5.74) is -0.131. The van der Waals surface area contributed by atoms with E-state index in [4.69, 9.17) is 21.1 Å². The summed E-state index contributed by atoms with van der Waals surface area (Å²) in [6.07, 6.45) is -2.77. The topological polar surface area (TPSA) is 59.0 Å². The van der Waals surface area contributed by atoms with Gasteiger partial charge in [-0.3, -0.25) is 9.69 Å². The second kappa shape index (κ2) is 9.36. The number of ether oxygens (including phenoxy) is 2. The molecule has 0 spiro atoms. The summed E-state index contributed by atoms with van der Waals surface area (Å²) in [6.45, 7) is 0.417. The third-order valence-corrected chi connectivity index (χ3v) is 5.84. The van der Waals surface area contributed by atoms with Gasteiger partial charge in [0.05, 0.1) is 30.8 Å². The molecule has 0 amide bonds. The molecule has 2 atom stereocenters. The fourth-order valence-electron chi connectivity index (χ4n) is 4.05. The van der Waals surface area contributed by atoms with Crippen molar-refractivity contribution in [3.8, 4) is 11.5 Å². The van der Waals surface area contributed by atoms with Crippen LogP contribution in [0.4, 0.5) is 13.2 Å². The van der Waals surface area contributed by atoms with E-state index in [0.717, 1.165) is 18.9 Å². The number of likely N-dealkylation sites (tertiary alicyclic amines) is 1. The van der Waals surface area contributed by atoms with Gasteiger partial charge in [-0.15, -0.1) is 0 Å². The standard InChI is InChI=1S/C22H23ClF3NO4/c1-30-14-7-8-15(19(12-14)31-2)20(27-10-4-3-5-18(27)21(28)29)13-6-9-17(23)16(11-13)22(24,25)26/h6-9,11-12,18,20H,3-5,10H2,1-2H3,(H,28,29). The molecule has 1 saturated heterocycles. The molecule has 5 nitrogen and oxygen atoms in total. The molecular weight excluding hydrogens is 435 g/mol. The second-order valence-corrected chi connectivity index (χ2v) is 7.74. The number of carbonyl (C=O) groups is 1. The average Bonchev–Trinajstić information content (AvgIpc) is 2.74. The largest absolute Gasteiger partial charge is 0.497 e. The van der Waals surface area contributed by atoms with E-state index >= 15 is 0 Å². The van der Waals surface area contributed by atoms with E-state index in [1.54, 1.807) is 23.1 Å². The van der Waals surface area contributed by atoms with Crippen molar-refractivity contribution in [2.75, 3.05) is 20.8 Å². The van der Waals surface area contributed by atoms with E-state index in [9.17, 15) is 23.1 Å². The van der Waals surface area contributed by atoms with Gasteiger partial charge in [-0.05, 0) is 49.2 Å². The fraction of sp³-hybridized carbons (Fsp3) is 0.409. The molecule has 1 aliphatic rings. The number of piperidine rings is 1. The lowest BCUT2D eigenvalue weighted by Gasteiger charge is -2.40. The van der Waals surface area contributed by atoms with Crippen molar-refractivity contribution >= 4 is 17.6 Å². The van der Waals surface area contributed by atoms with Gasteiger partial charge in [-0.1, -0.05) is 24.1 Å². The van der Waals surface area contributed by atoms with Crippen molar-refractivity contribution in [3.05, 3.63) is 58.1 Å². The Morgan fingerprint density at radius 3 is 2.52 bits per heavy atom. The maximum Gasteiger partial charge on any atom is 0.417 e. The molecule has 0 radical (unpaired) electrons. The van der Waals surface area contributed by atoms with E-state index in [-0.39, 0.29) is 5.56 Å². The lowest BCUT2D eigenvalue weighted by molar-refractivity contribution is -0.145. The molecule has 1 aliphatic heterocycles. The summed E-state index contributed by atoms with van der Waals surface area (Å²) in [5.74, 6) is -0.107. The molecular formula is C22H23ClF3NO4. The number of aliphatic carboxylic acids is 1. The van der Waals surface area contributed by atoms with Gasteiger partial charge in [-0.25, -0.2) is 0 Å². The van der Waals surface area contributed by atoms with Crippen LogP contribution in [-0.2, 0) is 11.0 Å². The molecule has 0 bridgehead atoms. The van der Waals surface area contributed by atoms with Crippen LogP contribution in [-0.4, -0.2) is 42.8 Å². The Bertz CT molecular complexity index is 951. The van der Waals surface area contributed by atoms with Crippen LogP contribution in [0.25, 0.3) is 0 Å². The molecule has 31 heavy (non-hydrogen) atoms. The summed E-state index contributed by atoms with van der Waals surface area (Å²) >= 11 is 5.83. The van der Waals surface area contributed by atoms with Gasteiger partial charge in [0.25, 0.3) is 0 Å². The van der Waals surface area contributed by atoms with Crippen molar-refractivity contribution in [1.82, 2.24) is 4.90 Å². The van der Waals surface area contributed by atoms with Crippen molar-refractivity contribution in [2.24, 2.45) is 0 Å². The van der Waals surface area contributed by atoms with Gasteiger partial charge in [0.1, 0.15) is 17.5 Å². The van der Waals surface area contributed by atoms with Crippen LogP contribution >= 0.6 is 11.6 Å². The lowest BCUT2D eigenvalue weighted by atomic mass is 9.90. The number of nitrogens with zero attached hydrogens (tertiary/aromatic N) is 1. The van der Waals surface area contributed by atoms with Crippen LogP contribution in [0.3, 0.4) is 0 Å². The maximum atomic E-state index is 13.6. The first-order chi connectivity index (χ1) is 14.7. The van der Waals surface area contributed by atoms with Crippen LogP contribution in [0.1, 0.15) is 42.0 Å². The number of methoxy groups -OCH3 is 2. The summed E-state index contributed by atoms with van der Waals surface area (Å²) in [4.78, 5) is 13.7. The molecule has 1 N–H and O–H groups in total. The van der Waals surface area contributed by atoms with Crippen molar-refractivity contribution in [3.63, 3.8) is 0 Å². The molecule has 1 fully saturated rings. The Kier molecular flexibility index (Phi) is 7.01. The zero-order chi connectivity index (χ0) is 22.8. The molecule has 2 aromatic carbocycles. The number of hydrogen-bond acceptors (Lipinski definition) is 4. The van der Waals surface area contributed by atoms with Crippen LogP contribution in [0, 0.1) is 0 Å². The minimum atomic E-state index is -4.64. The minimum Gasteiger partial charge on any atom is -0.497 e. The third kappa shape index (κ3) is 4.91. The lowest BCUT2D eigenvalue weighted by Crippen LogP contribution is -2.47. The number of rotatable bonds is 6. The van der Waals surface area contributed by atoms with Crippen molar-refractivity contribution in [2.45, 2.75) is 37.5 Å². The molecule has 0 saturated carbocycles. The number of hydrogen-bond donors (Lipinski definition) is 1. The smallest absolute Gasteiger partial charge is 0.417 e. The number of halogens is 4. The van der Waals surface area contributed by atoms with Gasteiger partial charge < -0.3 is 14.6 Å². The molecule has 0 aromatic heterocycles. The zero-order valence-electron chi connectivity index (χ0n) is 17.1. The Morgan fingerprint density at radius 2 is 1.90 bits per heavy atom. The van der Waals surface area contributed by atoms with E-state index < -0.39 is 34.8 Å². The summed E-state index contributed by atoms with van der Waals surface area (Å²) in [5, 5.41) is 9.38. The van der Waals surface area contributed by atoms with Crippen molar-refractivity contribution < 1.29 is 32.5 Å². The highest BCUT2D eigenvalue weighted by Gasteiger charge is 2.39. The van der Waals surface area contributed by atoms with Crippen LogP contribution in [0.5, 0.6) is 11.5 Å². The average molecular weight is 458 g/mol. The SMILES string of the molecule is COc1ccc(C(c2ccc(Cl)c(C(F)(F)F)c2)N2CCCCC2C(=O)O)c(OC)c1. The van der Waals surface area contributed by atoms with E-state index in [1.807, 2.05) is 0 Å². The van der Waals surface area contributed by atoms with E-state index in [2.05, 4.69) is 0 Å². The van der Waals surface area contributed by atoms with Crippen molar-refractivity contribution in [1.29, 1.82) is 0 Å². The molecule has 2 aromatic rings. The molecule has 0 aliphatic carbocycles. The highest BCUT2D eigenvalue weighted by atomic mass is 35.5.